The number of thiophene rings is 1. The van der Waals surface area contributed by atoms with Gasteiger partial charge in [-0.1, -0.05) is 24.3 Å². The second-order valence-corrected chi connectivity index (χ2v) is 7.96. The first-order valence-corrected chi connectivity index (χ1v) is 10.1. The van der Waals surface area contributed by atoms with Crippen LogP contribution in [0.4, 0.5) is 4.39 Å². The molecule has 0 spiro atoms. The van der Waals surface area contributed by atoms with Gasteiger partial charge >= 0.3 is 0 Å². The van der Waals surface area contributed by atoms with Crippen LogP contribution < -0.4 is 11.5 Å². The van der Waals surface area contributed by atoms with E-state index >= 15 is 0 Å². The molecule has 0 saturated carbocycles. The summed E-state index contributed by atoms with van der Waals surface area (Å²) < 4.78 is 40.2. The van der Waals surface area contributed by atoms with Crippen molar-refractivity contribution in [2.75, 3.05) is 6.26 Å². The Morgan fingerprint density at radius 2 is 1.78 bits per heavy atom. The van der Waals surface area contributed by atoms with Crippen molar-refractivity contribution in [2.24, 2.45) is 16.5 Å². The summed E-state index contributed by atoms with van der Waals surface area (Å²) >= 11 is 1.30. The molecule has 10 heteroatoms. The van der Waals surface area contributed by atoms with Crippen LogP contribution in [0.2, 0.25) is 0 Å². The lowest BCUT2D eigenvalue weighted by Gasteiger charge is -2.03. The summed E-state index contributed by atoms with van der Waals surface area (Å²) in [5, 5.41) is 0.868. The summed E-state index contributed by atoms with van der Waals surface area (Å²) in [6, 6.07) is 13.7. The SMILES string of the molecule is CS(=O)(=O)O.NC(N)=NC(=O)c1cc2c(-c3cccc(F)c3)cccc2s1. The number of carbonyl (C=O) groups is 1. The molecule has 1 heterocycles. The van der Waals surface area contributed by atoms with E-state index in [0.717, 1.165) is 21.2 Å². The zero-order chi connectivity index (χ0) is 20.2. The van der Waals surface area contributed by atoms with Gasteiger partial charge in [-0.05, 0) is 35.4 Å². The van der Waals surface area contributed by atoms with Gasteiger partial charge in [0.25, 0.3) is 16.0 Å². The largest absolute Gasteiger partial charge is 0.370 e. The van der Waals surface area contributed by atoms with E-state index in [0.29, 0.717) is 11.1 Å². The number of carbonyl (C=O) groups excluding carboxylic acids is 1. The first kappa shape index (κ1) is 20.5. The Kier molecular flexibility index (Phi) is 6.26. The van der Waals surface area contributed by atoms with Gasteiger partial charge in [0.05, 0.1) is 11.1 Å². The van der Waals surface area contributed by atoms with Crippen LogP contribution in [0.1, 0.15) is 9.67 Å². The number of aliphatic imine (C=N–C) groups is 1. The van der Waals surface area contributed by atoms with E-state index in [9.17, 15) is 17.6 Å². The highest BCUT2D eigenvalue weighted by atomic mass is 32.2. The normalized spacial score (nSPS) is 10.8. The molecule has 1 aromatic heterocycles. The van der Waals surface area contributed by atoms with E-state index in [1.165, 1.54) is 23.5 Å². The molecule has 0 bridgehead atoms. The molecule has 0 unspecified atom stereocenters. The molecule has 2 aromatic carbocycles. The van der Waals surface area contributed by atoms with E-state index in [2.05, 4.69) is 4.99 Å². The number of guanidine groups is 1. The van der Waals surface area contributed by atoms with Crippen molar-refractivity contribution >= 4 is 43.4 Å². The summed E-state index contributed by atoms with van der Waals surface area (Å²) in [5.41, 5.74) is 12.1. The molecular weight excluding hydrogens is 393 g/mol. The summed E-state index contributed by atoms with van der Waals surface area (Å²) in [7, 11) is -3.67. The molecule has 0 aliphatic rings. The Labute approximate surface area is 158 Å². The standard InChI is InChI=1S/C16H12FN3OS.CH4O3S/c17-10-4-1-3-9(7-10)11-5-2-6-13-12(11)8-14(22-13)15(21)20-16(18)19;1-5(2,3)4/h1-8H,(H4,18,19,20,21);1H3,(H,2,3,4). The van der Waals surface area contributed by atoms with Crippen LogP contribution in [0.3, 0.4) is 0 Å². The predicted octanol–water partition coefficient (Wildman–Crippen LogP) is 2.63. The first-order chi connectivity index (χ1) is 12.5. The van der Waals surface area contributed by atoms with Crippen molar-refractivity contribution in [1.82, 2.24) is 0 Å². The van der Waals surface area contributed by atoms with Crippen molar-refractivity contribution in [3.8, 4) is 11.1 Å². The van der Waals surface area contributed by atoms with Crippen molar-refractivity contribution < 1.29 is 22.2 Å². The fraction of sp³-hybridized carbons (Fsp3) is 0.0588. The Morgan fingerprint density at radius 1 is 1.15 bits per heavy atom. The molecule has 27 heavy (non-hydrogen) atoms. The Hall–Kier alpha value is -2.82. The average Bonchev–Trinajstić information content (AvgIpc) is 2.96. The molecule has 5 N–H and O–H groups in total. The number of rotatable bonds is 2. The van der Waals surface area contributed by atoms with E-state index < -0.39 is 16.0 Å². The van der Waals surface area contributed by atoms with E-state index in [4.69, 9.17) is 16.0 Å². The Bertz CT molecular complexity index is 1110. The minimum Gasteiger partial charge on any atom is -0.370 e. The molecule has 0 saturated heterocycles. The van der Waals surface area contributed by atoms with Gasteiger partial charge in [0.2, 0.25) is 0 Å². The zero-order valence-electron chi connectivity index (χ0n) is 14.1. The topological polar surface area (TPSA) is 136 Å². The van der Waals surface area contributed by atoms with Gasteiger partial charge in [-0.25, -0.2) is 4.39 Å². The molecule has 3 rings (SSSR count). The van der Waals surface area contributed by atoms with Gasteiger partial charge < -0.3 is 11.5 Å². The average molecular weight is 409 g/mol. The second kappa shape index (κ2) is 8.25. The molecule has 1 amide bonds. The van der Waals surface area contributed by atoms with Crippen LogP contribution in [-0.2, 0) is 10.1 Å². The van der Waals surface area contributed by atoms with Crippen LogP contribution >= 0.6 is 11.3 Å². The summed E-state index contributed by atoms with van der Waals surface area (Å²) in [5.74, 6) is -1.05. The van der Waals surface area contributed by atoms with Gasteiger partial charge in [0.15, 0.2) is 5.96 Å². The van der Waals surface area contributed by atoms with Crippen molar-refractivity contribution in [3.05, 3.63) is 59.2 Å². The lowest BCUT2D eigenvalue weighted by Crippen LogP contribution is -2.24. The highest BCUT2D eigenvalue weighted by molar-refractivity contribution is 7.85. The number of nitrogens with zero attached hydrogens (tertiary/aromatic N) is 1. The van der Waals surface area contributed by atoms with E-state index in [-0.39, 0.29) is 11.8 Å². The van der Waals surface area contributed by atoms with E-state index in [1.54, 1.807) is 12.1 Å². The predicted molar refractivity (Wildman–Crippen MR) is 105 cm³/mol. The number of halogens is 1. The monoisotopic (exact) mass is 409 g/mol. The highest BCUT2D eigenvalue weighted by Gasteiger charge is 2.13. The second-order valence-electron chi connectivity index (χ2n) is 5.41. The molecule has 0 atom stereocenters. The van der Waals surface area contributed by atoms with Crippen LogP contribution in [0.5, 0.6) is 0 Å². The van der Waals surface area contributed by atoms with Crippen molar-refractivity contribution in [2.45, 2.75) is 0 Å². The van der Waals surface area contributed by atoms with Crippen LogP contribution in [0.25, 0.3) is 21.2 Å². The van der Waals surface area contributed by atoms with Gasteiger partial charge in [0.1, 0.15) is 5.82 Å². The maximum atomic E-state index is 13.4. The van der Waals surface area contributed by atoms with Crippen LogP contribution in [0.15, 0.2) is 53.5 Å². The molecule has 0 aliphatic heterocycles. The molecule has 142 valence electrons. The van der Waals surface area contributed by atoms with Crippen molar-refractivity contribution in [1.29, 1.82) is 0 Å². The van der Waals surface area contributed by atoms with Gasteiger partial charge in [-0.2, -0.15) is 13.4 Å². The Morgan fingerprint density at radius 3 is 2.37 bits per heavy atom. The molecule has 7 nitrogen and oxygen atoms in total. The van der Waals surface area contributed by atoms with Gasteiger partial charge in [-0.15, -0.1) is 11.3 Å². The maximum Gasteiger partial charge on any atom is 0.290 e. The number of fused-ring (bicyclic) bond motifs is 1. The lowest BCUT2D eigenvalue weighted by molar-refractivity contribution is 0.101. The summed E-state index contributed by atoms with van der Waals surface area (Å²) in [6.07, 6.45) is 0.715. The summed E-state index contributed by atoms with van der Waals surface area (Å²) in [4.78, 5) is 15.9. The van der Waals surface area contributed by atoms with Gasteiger partial charge in [0, 0.05) is 10.1 Å². The number of hydrogen-bond acceptors (Lipinski definition) is 4. The van der Waals surface area contributed by atoms with Crippen molar-refractivity contribution in [3.63, 3.8) is 0 Å². The third-order valence-electron chi connectivity index (χ3n) is 3.14. The number of hydrogen-bond donors (Lipinski definition) is 3. The molecule has 0 radical (unpaired) electrons. The van der Waals surface area contributed by atoms with Crippen LogP contribution in [-0.4, -0.2) is 31.1 Å². The smallest absolute Gasteiger partial charge is 0.290 e. The number of nitrogens with two attached hydrogens (primary N) is 2. The van der Waals surface area contributed by atoms with Crippen LogP contribution in [0, 0.1) is 5.82 Å². The quantitative estimate of drug-likeness (QED) is 0.338. The number of benzene rings is 2. The minimum absolute atomic E-state index is 0.271. The zero-order valence-corrected chi connectivity index (χ0v) is 15.7. The third kappa shape index (κ3) is 6.13. The number of amides is 1. The fourth-order valence-electron chi connectivity index (χ4n) is 2.25. The minimum atomic E-state index is -3.67. The Balaban J connectivity index is 0.000000465. The lowest BCUT2D eigenvalue weighted by atomic mass is 10.0. The van der Waals surface area contributed by atoms with E-state index in [1.807, 2.05) is 24.3 Å². The highest BCUT2D eigenvalue weighted by Crippen LogP contribution is 2.34. The first-order valence-electron chi connectivity index (χ1n) is 7.39. The summed E-state index contributed by atoms with van der Waals surface area (Å²) in [6.45, 7) is 0. The third-order valence-corrected chi connectivity index (χ3v) is 4.23. The molecular formula is C17H16FN3O4S2. The molecule has 3 aromatic rings. The molecule has 0 fully saturated rings. The molecule has 0 aliphatic carbocycles. The fourth-order valence-corrected chi connectivity index (χ4v) is 3.22. The van der Waals surface area contributed by atoms with Gasteiger partial charge in [-0.3, -0.25) is 9.35 Å². The maximum absolute atomic E-state index is 13.4.